The molecule has 29 heavy (non-hydrogen) atoms. The van der Waals surface area contributed by atoms with Gasteiger partial charge in [0.2, 0.25) is 5.91 Å². The fraction of sp³-hybridized carbons (Fsp3) is 0.280. The molecule has 1 fully saturated rings. The molecule has 0 bridgehead atoms. The maximum Gasteiger partial charge on any atom is 0.223 e. The Morgan fingerprint density at radius 1 is 1.14 bits per heavy atom. The Hall–Kier alpha value is -3.14. The number of nitrogens with zero attached hydrogens (tertiary/aromatic N) is 2. The molecule has 1 saturated heterocycles. The molecule has 1 N–H and O–H groups in total. The molecule has 4 rings (SSSR count). The summed E-state index contributed by atoms with van der Waals surface area (Å²) in [4.78, 5) is 22.7. The number of nitrogens with one attached hydrogen (secondary N) is 1. The first kappa shape index (κ1) is 19.2. The lowest BCUT2D eigenvalue weighted by Gasteiger charge is -2.23. The van der Waals surface area contributed by atoms with E-state index in [-0.39, 0.29) is 11.9 Å². The van der Waals surface area contributed by atoms with Crippen LogP contribution in [0.5, 0.6) is 0 Å². The third-order valence-corrected chi connectivity index (χ3v) is 5.63. The van der Waals surface area contributed by atoms with Crippen molar-refractivity contribution in [3.05, 3.63) is 84.5 Å². The van der Waals surface area contributed by atoms with Crippen molar-refractivity contribution < 1.29 is 4.79 Å². The number of hydrogen-bond donors (Lipinski definition) is 1. The predicted octanol–water partition coefficient (Wildman–Crippen LogP) is 5.41. The number of benzene rings is 2. The number of allylic oxidation sites excluding steroid dienone is 1. The number of H-pyrrole nitrogens is 1. The zero-order chi connectivity index (χ0) is 20.2. The number of hydrogen-bond acceptors (Lipinski definition) is 2. The highest BCUT2D eigenvalue weighted by molar-refractivity contribution is 5.77. The SMILES string of the molecule is C=C(C)c1cnc([C@@H]2CCCN2C(=O)CCc2ccc(-c3ccccc3)cc2)[nH]1. The summed E-state index contributed by atoms with van der Waals surface area (Å²) in [6.45, 7) is 6.72. The van der Waals surface area contributed by atoms with Crippen LogP contribution >= 0.6 is 0 Å². The van der Waals surface area contributed by atoms with Crippen molar-refractivity contribution in [2.45, 2.75) is 38.6 Å². The molecular weight excluding hydrogens is 358 g/mol. The van der Waals surface area contributed by atoms with E-state index in [1.807, 2.05) is 36.2 Å². The van der Waals surface area contributed by atoms with Gasteiger partial charge in [-0.05, 0) is 48.4 Å². The second kappa shape index (κ2) is 8.48. The van der Waals surface area contributed by atoms with Crippen molar-refractivity contribution in [2.24, 2.45) is 0 Å². The molecule has 1 aromatic heterocycles. The normalized spacial score (nSPS) is 16.2. The summed E-state index contributed by atoms with van der Waals surface area (Å²) in [6, 6.07) is 18.9. The van der Waals surface area contributed by atoms with Crippen LogP contribution in [0.2, 0.25) is 0 Å². The lowest BCUT2D eigenvalue weighted by molar-refractivity contribution is -0.132. The molecule has 4 heteroatoms. The van der Waals surface area contributed by atoms with Gasteiger partial charge in [-0.2, -0.15) is 0 Å². The number of imidazole rings is 1. The topological polar surface area (TPSA) is 49.0 Å². The van der Waals surface area contributed by atoms with E-state index >= 15 is 0 Å². The molecule has 4 nitrogen and oxygen atoms in total. The van der Waals surface area contributed by atoms with Crippen LogP contribution in [-0.2, 0) is 11.2 Å². The van der Waals surface area contributed by atoms with Crippen LogP contribution in [0.1, 0.15) is 49.3 Å². The van der Waals surface area contributed by atoms with Crippen molar-refractivity contribution in [2.75, 3.05) is 6.54 Å². The van der Waals surface area contributed by atoms with Gasteiger partial charge in [0.05, 0.1) is 17.9 Å². The monoisotopic (exact) mass is 385 g/mol. The second-order valence-electron chi connectivity index (χ2n) is 7.77. The van der Waals surface area contributed by atoms with E-state index in [4.69, 9.17) is 0 Å². The highest BCUT2D eigenvalue weighted by Gasteiger charge is 2.31. The van der Waals surface area contributed by atoms with E-state index in [2.05, 4.69) is 52.9 Å². The van der Waals surface area contributed by atoms with Gasteiger partial charge in [-0.3, -0.25) is 4.79 Å². The molecule has 1 amide bonds. The van der Waals surface area contributed by atoms with Crippen LogP contribution in [-0.4, -0.2) is 27.3 Å². The quantitative estimate of drug-likeness (QED) is 0.617. The zero-order valence-electron chi connectivity index (χ0n) is 16.9. The molecule has 1 atom stereocenters. The molecule has 0 saturated carbocycles. The molecule has 3 aromatic rings. The molecular formula is C25H27N3O. The first-order valence-electron chi connectivity index (χ1n) is 10.3. The Labute approximate surface area is 172 Å². The molecule has 0 unspecified atom stereocenters. The summed E-state index contributed by atoms with van der Waals surface area (Å²) in [7, 11) is 0. The molecule has 0 spiro atoms. The third kappa shape index (κ3) is 4.32. The number of aryl methyl sites for hydroxylation is 1. The van der Waals surface area contributed by atoms with Crippen LogP contribution in [0.15, 0.2) is 67.4 Å². The molecule has 2 aromatic carbocycles. The summed E-state index contributed by atoms with van der Waals surface area (Å²) in [5, 5.41) is 0. The summed E-state index contributed by atoms with van der Waals surface area (Å²) < 4.78 is 0. The van der Waals surface area contributed by atoms with Crippen LogP contribution in [0.3, 0.4) is 0 Å². The summed E-state index contributed by atoms with van der Waals surface area (Å²) in [5.74, 6) is 1.08. The number of carbonyl (C=O) groups is 1. The van der Waals surface area contributed by atoms with Gasteiger partial charge in [0.1, 0.15) is 5.82 Å². The average Bonchev–Trinajstić information content (AvgIpc) is 3.42. The van der Waals surface area contributed by atoms with Crippen molar-refractivity contribution in [3.63, 3.8) is 0 Å². The third-order valence-electron chi connectivity index (χ3n) is 5.63. The molecule has 2 heterocycles. The van der Waals surface area contributed by atoms with Gasteiger partial charge >= 0.3 is 0 Å². The summed E-state index contributed by atoms with van der Waals surface area (Å²) in [5.41, 5.74) is 5.50. The van der Waals surface area contributed by atoms with Gasteiger partial charge < -0.3 is 9.88 Å². The fourth-order valence-electron chi connectivity index (χ4n) is 3.96. The molecule has 148 valence electrons. The molecule has 0 aliphatic carbocycles. The minimum atomic E-state index is 0.0519. The lowest BCUT2D eigenvalue weighted by Crippen LogP contribution is -2.31. The van der Waals surface area contributed by atoms with E-state index in [0.717, 1.165) is 42.9 Å². The van der Waals surface area contributed by atoms with Crippen molar-refractivity contribution in [1.82, 2.24) is 14.9 Å². The minimum absolute atomic E-state index is 0.0519. The van der Waals surface area contributed by atoms with Crippen LogP contribution in [0, 0.1) is 0 Å². The Balaban J connectivity index is 1.38. The van der Waals surface area contributed by atoms with Crippen molar-refractivity contribution in [1.29, 1.82) is 0 Å². The lowest BCUT2D eigenvalue weighted by atomic mass is 10.0. The highest BCUT2D eigenvalue weighted by atomic mass is 16.2. The maximum atomic E-state index is 12.9. The van der Waals surface area contributed by atoms with E-state index in [9.17, 15) is 4.79 Å². The van der Waals surface area contributed by atoms with Gasteiger partial charge in [-0.1, -0.05) is 61.2 Å². The maximum absolute atomic E-state index is 12.9. The Morgan fingerprint density at radius 2 is 1.86 bits per heavy atom. The number of likely N-dealkylation sites (tertiary alicyclic amines) is 1. The van der Waals surface area contributed by atoms with Gasteiger partial charge in [-0.15, -0.1) is 0 Å². The Morgan fingerprint density at radius 3 is 2.55 bits per heavy atom. The molecule has 1 aliphatic heterocycles. The van der Waals surface area contributed by atoms with Crippen molar-refractivity contribution >= 4 is 11.5 Å². The predicted molar refractivity (Wildman–Crippen MR) is 117 cm³/mol. The first-order chi connectivity index (χ1) is 14.1. The minimum Gasteiger partial charge on any atom is -0.341 e. The van der Waals surface area contributed by atoms with E-state index in [1.165, 1.54) is 16.7 Å². The van der Waals surface area contributed by atoms with Gasteiger partial charge in [0, 0.05) is 13.0 Å². The summed E-state index contributed by atoms with van der Waals surface area (Å²) in [6.07, 6.45) is 5.07. The molecule has 0 radical (unpaired) electrons. The van der Waals surface area contributed by atoms with Gasteiger partial charge in [-0.25, -0.2) is 4.98 Å². The average molecular weight is 386 g/mol. The van der Waals surface area contributed by atoms with E-state index in [0.29, 0.717) is 6.42 Å². The highest BCUT2D eigenvalue weighted by Crippen LogP contribution is 2.31. The Bertz CT molecular complexity index is 988. The second-order valence-corrected chi connectivity index (χ2v) is 7.77. The summed E-state index contributed by atoms with van der Waals surface area (Å²) >= 11 is 0. The largest absolute Gasteiger partial charge is 0.341 e. The molecule has 1 aliphatic rings. The Kier molecular flexibility index (Phi) is 5.61. The van der Waals surface area contributed by atoms with Crippen molar-refractivity contribution in [3.8, 4) is 11.1 Å². The zero-order valence-corrected chi connectivity index (χ0v) is 16.9. The van der Waals surface area contributed by atoms with Crippen LogP contribution in [0.4, 0.5) is 0 Å². The first-order valence-corrected chi connectivity index (χ1v) is 10.3. The van der Waals surface area contributed by atoms with Crippen LogP contribution < -0.4 is 0 Å². The van der Waals surface area contributed by atoms with Crippen LogP contribution in [0.25, 0.3) is 16.7 Å². The fourth-order valence-corrected chi connectivity index (χ4v) is 3.96. The van der Waals surface area contributed by atoms with E-state index in [1.54, 1.807) is 0 Å². The van der Waals surface area contributed by atoms with Gasteiger partial charge in [0.15, 0.2) is 0 Å². The smallest absolute Gasteiger partial charge is 0.223 e. The van der Waals surface area contributed by atoms with E-state index < -0.39 is 0 Å². The number of carbonyl (C=O) groups excluding carboxylic acids is 1. The number of aromatic amines is 1. The van der Waals surface area contributed by atoms with Gasteiger partial charge in [0.25, 0.3) is 0 Å². The standard InChI is InChI=1S/C25H27N3O/c1-18(2)22-17-26-25(27-22)23-9-6-16-28(23)24(29)15-12-19-10-13-21(14-11-19)20-7-4-3-5-8-20/h3-5,7-8,10-11,13-14,17,23H,1,6,9,12,15-16H2,2H3,(H,26,27)/t23-/m0/s1. The number of amides is 1. The number of aromatic nitrogens is 2. The number of rotatable bonds is 6.